The van der Waals surface area contributed by atoms with Crippen molar-refractivity contribution < 1.29 is 0 Å². The van der Waals surface area contributed by atoms with Crippen molar-refractivity contribution in [2.24, 2.45) is 0 Å². The minimum Gasteiger partial charge on any atom is -0.311 e. The van der Waals surface area contributed by atoms with Gasteiger partial charge in [0.2, 0.25) is 0 Å². The lowest BCUT2D eigenvalue weighted by Gasteiger charge is -2.28. The Hall–Kier alpha value is -2.54. The lowest BCUT2D eigenvalue weighted by Crippen LogP contribution is -2.11. The number of anilines is 3. The van der Waals surface area contributed by atoms with Crippen LogP contribution in [0, 0.1) is 0 Å². The van der Waals surface area contributed by atoms with Crippen LogP contribution < -0.4 is 4.90 Å². The third-order valence-corrected chi connectivity index (χ3v) is 7.47. The molecular weight excluding hydrogens is 374 g/mol. The van der Waals surface area contributed by atoms with Gasteiger partial charge < -0.3 is 4.90 Å². The summed E-state index contributed by atoms with van der Waals surface area (Å²) in [6.45, 7) is 0. The lowest BCUT2D eigenvalue weighted by atomic mass is 9.84. The number of para-hydroxylation sites is 1. The van der Waals surface area contributed by atoms with Crippen molar-refractivity contribution >= 4 is 17.1 Å². The summed E-state index contributed by atoms with van der Waals surface area (Å²) >= 11 is 0. The third kappa shape index (κ3) is 4.71. The maximum Gasteiger partial charge on any atom is 0.0461 e. The summed E-state index contributed by atoms with van der Waals surface area (Å²) < 4.78 is 0. The molecule has 3 aromatic carbocycles. The van der Waals surface area contributed by atoms with Crippen molar-refractivity contribution in [3.05, 3.63) is 90.0 Å². The fourth-order valence-corrected chi connectivity index (χ4v) is 5.69. The van der Waals surface area contributed by atoms with Crippen LogP contribution in [-0.2, 0) is 0 Å². The highest BCUT2D eigenvalue weighted by Crippen LogP contribution is 2.39. The van der Waals surface area contributed by atoms with E-state index >= 15 is 0 Å². The van der Waals surface area contributed by atoms with Crippen LogP contribution in [0.15, 0.2) is 78.9 Å². The van der Waals surface area contributed by atoms with Gasteiger partial charge in [-0.25, -0.2) is 0 Å². The minimum atomic E-state index is 0.753. The molecule has 1 nitrogen and oxygen atoms in total. The lowest BCUT2D eigenvalue weighted by molar-refractivity contribution is 0.443. The van der Waals surface area contributed by atoms with Gasteiger partial charge in [-0.3, -0.25) is 0 Å². The number of hydrogen-bond acceptors (Lipinski definition) is 1. The molecule has 160 valence electrons. The smallest absolute Gasteiger partial charge is 0.0461 e. The molecule has 5 rings (SSSR count). The van der Waals surface area contributed by atoms with E-state index in [9.17, 15) is 0 Å². The van der Waals surface area contributed by atoms with Crippen LogP contribution in [0.5, 0.6) is 0 Å². The predicted molar refractivity (Wildman–Crippen MR) is 133 cm³/mol. The average molecular weight is 410 g/mol. The van der Waals surface area contributed by atoms with Gasteiger partial charge in [0.25, 0.3) is 0 Å². The highest BCUT2D eigenvalue weighted by Gasteiger charge is 2.19. The van der Waals surface area contributed by atoms with E-state index in [0.717, 1.165) is 11.8 Å². The van der Waals surface area contributed by atoms with E-state index in [2.05, 4.69) is 83.8 Å². The maximum atomic E-state index is 2.40. The van der Waals surface area contributed by atoms with E-state index in [1.807, 2.05) is 0 Å². The molecule has 2 fully saturated rings. The Morgan fingerprint density at radius 2 is 0.806 bits per heavy atom. The number of benzene rings is 3. The Morgan fingerprint density at radius 3 is 1.23 bits per heavy atom. The molecule has 0 radical (unpaired) electrons. The Bertz CT molecular complexity index is 868. The molecule has 2 aliphatic carbocycles. The van der Waals surface area contributed by atoms with Crippen molar-refractivity contribution in [2.75, 3.05) is 4.90 Å². The van der Waals surface area contributed by atoms with E-state index in [0.29, 0.717) is 0 Å². The first kappa shape index (κ1) is 20.4. The van der Waals surface area contributed by atoms with Gasteiger partial charge in [0, 0.05) is 17.1 Å². The van der Waals surface area contributed by atoms with Crippen LogP contribution in [0.2, 0.25) is 0 Å². The standard InChI is InChI=1S/C30H35N/c1-4-10-24(11-5-1)26-16-20-29(21-17-26)31(28-14-8-3-9-15-28)30-22-18-27(19-23-30)25-12-6-2-7-13-25/h3,8-9,14-25H,1-2,4-7,10-13H2. The fourth-order valence-electron chi connectivity index (χ4n) is 5.69. The van der Waals surface area contributed by atoms with E-state index in [1.54, 1.807) is 0 Å². The van der Waals surface area contributed by atoms with Gasteiger partial charge in [0.15, 0.2) is 0 Å². The summed E-state index contributed by atoms with van der Waals surface area (Å²) in [4.78, 5) is 2.40. The summed E-state index contributed by atoms with van der Waals surface area (Å²) in [6.07, 6.45) is 13.8. The fraction of sp³-hybridized carbons (Fsp3) is 0.400. The van der Waals surface area contributed by atoms with Crippen LogP contribution in [0.3, 0.4) is 0 Å². The summed E-state index contributed by atoms with van der Waals surface area (Å²) in [6, 6.07) is 29.6. The summed E-state index contributed by atoms with van der Waals surface area (Å²) in [5, 5.41) is 0. The van der Waals surface area contributed by atoms with Crippen LogP contribution in [0.4, 0.5) is 17.1 Å². The Balaban J connectivity index is 1.43. The van der Waals surface area contributed by atoms with E-state index in [-0.39, 0.29) is 0 Å². The predicted octanol–water partition coefficient (Wildman–Crippen LogP) is 9.25. The maximum absolute atomic E-state index is 2.40. The quantitative estimate of drug-likeness (QED) is 0.406. The van der Waals surface area contributed by atoms with Crippen molar-refractivity contribution in [1.29, 1.82) is 0 Å². The van der Waals surface area contributed by atoms with Gasteiger partial charge in [-0.05, 0) is 85.0 Å². The highest BCUT2D eigenvalue weighted by molar-refractivity contribution is 5.76. The van der Waals surface area contributed by atoms with Gasteiger partial charge in [0.05, 0.1) is 0 Å². The summed E-state index contributed by atoms with van der Waals surface area (Å²) in [5.41, 5.74) is 6.75. The first-order chi connectivity index (χ1) is 15.4. The molecular formula is C30H35N. The molecule has 0 aromatic heterocycles. The molecule has 0 aliphatic heterocycles. The van der Waals surface area contributed by atoms with Crippen LogP contribution in [0.25, 0.3) is 0 Å². The summed E-state index contributed by atoms with van der Waals surface area (Å²) in [7, 11) is 0. The van der Waals surface area contributed by atoms with E-state index < -0.39 is 0 Å². The van der Waals surface area contributed by atoms with Gasteiger partial charge in [-0.1, -0.05) is 81.0 Å². The molecule has 0 spiro atoms. The van der Waals surface area contributed by atoms with Crippen molar-refractivity contribution in [3.8, 4) is 0 Å². The number of nitrogens with zero attached hydrogens (tertiary/aromatic N) is 1. The Labute approximate surface area is 188 Å². The third-order valence-electron chi connectivity index (χ3n) is 7.47. The molecule has 1 heteroatoms. The minimum absolute atomic E-state index is 0.753. The second-order valence-corrected chi connectivity index (χ2v) is 9.52. The van der Waals surface area contributed by atoms with Crippen molar-refractivity contribution in [3.63, 3.8) is 0 Å². The number of hydrogen-bond donors (Lipinski definition) is 0. The Morgan fingerprint density at radius 1 is 0.419 bits per heavy atom. The Kier molecular flexibility index (Phi) is 6.39. The molecule has 0 saturated heterocycles. The first-order valence-corrected chi connectivity index (χ1v) is 12.4. The number of rotatable bonds is 5. The molecule has 3 aromatic rings. The van der Waals surface area contributed by atoms with Crippen molar-refractivity contribution in [1.82, 2.24) is 0 Å². The molecule has 0 atom stereocenters. The van der Waals surface area contributed by atoms with Gasteiger partial charge in [-0.15, -0.1) is 0 Å². The molecule has 0 unspecified atom stereocenters. The summed E-state index contributed by atoms with van der Waals surface area (Å²) in [5.74, 6) is 1.51. The van der Waals surface area contributed by atoms with Crippen molar-refractivity contribution in [2.45, 2.75) is 76.0 Å². The van der Waals surface area contributed by atoms with Crippen LogP contribution in [-0.4, -0.2) is 0 Å². The van der Waals surface area contributed by atoms with Crippen LogP contribution >= 0.6 is 0 Å². The molecule has 0 N–H and O–H groups in total. The van der Waals surface area contributed by atoms with Crippen LogP contribution in [0.1, 0.15) is 87.2 Å². The molecule has 0 amide bonds. The molecule has 2 saturated carbocycles. The second-order valence-electron chi connectivity index (χ2n) is 9.52. The zero-order valence-corrected chi connectivity index (χ0v) is 18.7. The topological polar surface area (TPSA) is 3.24 Å². The van der Waals surface area contributed by atoms with Gasteiger partial charge >= 0.3 is 0 Å². The van der Waals surface area contributed by atoms with Gasteiger partial charge in [-0.2, -0.15) is 0 Å². The SMILES string of the molecule is c1ccc(N(c2ccc(C3CCCCC3)cc2)c2ccc(C3CCCCC3)cc2)cc1. The van der Waals surface area contributed by atoms with E-state index in [4.69, 9.17) is 0 Å². The highest BCUT2D eigenvalue weighted by atomic mass is 15.1. The molecule has 2 aliphatic rings. The normalized spacial score (nSPS) is 18.1. The molecule has 0 heterocycles. The average Bonchev–Trinajstić information content (AvgIpc) is 2.87. The first-order valence-electron chi connectivity index (χ1n) is 12.4. The largest absolute Gasteiger partial charge is 0.311 e. The molecule has 0 bridgehead atoms. The van der Waals surface area contributed by atoms with E-state index in [1.165, 1.54) is 92.4 Å². The van der Waals surface area contributed by atoms with Gasteiger partial charge in [0.1, 0.15) is 0 Å². The zero-order chi connectivity index (χ0) is 20.9. The second kappa shape index (κ2) is 9.73. The molecule has 31 heavy (non-hydrogen) atoms. The monoisotopic (exact) mass is 409 g/mol. The zero-order valence-electron chi connectivity index (χ0n) is 18.7.